The van der Waals surface area contributed by atoms with Gasteiger partial charge in [0, 0.05) is 30.2 Å². The molecule has 0 spiro atoms. The predicted molar refractivity (Wildman–Crippen MR) is 105 cm³/mol. The summed E-state index contributed by atoms with van der Waals surface area (Å²) in [4.78, 5) is 7.23. The Balaban J connectivity index is 1.59. The molecular weight excluding hydrogens is 340 g/mol. The van der Waals surface area contributed by atoms with Crippen molar-refractivity contribution in [2.24, 2.45) is 0 Å². The number of rotatable bonds is 2. The minimum atomic E-state index is 0.197. The summed E-state index contributed by atoms with van der Waals surface area (Å²) in [6, 6.07) is 8.32. The van der Waals surface area contributed by atoms with Crippen molar-refractivity contribution in [2.75, 3.05) is 18.0 Å². The molecule has 0 unspecified atom stereocenters. The van der Waals surface area contributed by atoms with Crippen LogP contribution in [0.3, 0.4) is 0 Å². The standard InChI is InChI=1S/C20H22N6O/c1-12-10-25(11-13(2)27-12)19-6-7-26-20(22-19)17(9-21-26)15-4-5-18-16(8-15)14(3)23-24-18/h4-9,12-13H,10-11H2,1-3H3,(H,23,24)/t12-,13+. The van der Waals surface area contributed by atoms with E-state index in [2.05, 4.69) is 52.2 Å². The van der Waals surface area contributed by atoms with E-state index in [1.165, 1.54) is 0 Å². The van der Waals surface area contributed by atoms with Gasteiger partial charge in [-0.1, -0.05) is 6.07 Å². The SMILES string of the molecule is Cc1n[nH]c2ccc(-c3cnn4ccc(N5C[C@@H](C)O[C@@H](C)C5)nc34)cc12. The topological polar surface area (TPSA) is 71.3 Å². The summed E-state index contributed by atoms with van der Waals surface area (Å²) in [5.74, 6) is 0.965. The van der Waals surface area contributed by atoms with Crippen molar-refractivity contribution in [3.63, 3.8) is 0 Å². The molecule has 1 aliphatic rings. The van der Waals surface area contributed by atoms with Crippen LogP contribution in [0, 0.1) is 6.92 Å². The van der Waals surface area contributed by atoms with Crippen molar-refractivity contribution < 1.29 is 4.74 Å². The zero-order chi connectivity index (χ0) is 18.5. The van der Waals surface area contributed by atoms with E-state index in [1.807, 2.05) is 29.9 Å². The highest BCUT2D eigenvalue weighted by Gasteiger charge is 2.23. The normalized spacial score (nSPS) is 20.6. The lowest BCUT2D eigenvalue weighted by molar-refractivity contribution is -0.00545. The molecule has 1 saturated heterocycles. The lowest BCUT2D eigenvalue weighted by Crippen LogP contribution is -2.45. The summed E-state index contributed by atoms with van der Waals surface area (Å²) in [6.07, 6.45) is 4.26. The molecule has 4 aromatic rings. The van der Waals surface area contributed by atoms with Crippen LogP contribution in [0.2, 0.25) is 0 Å². The van der Waals surface area contributed by atoms with Gasteiger partial charge >= 0.3 is 0 Å². The molecule has 1 fully saturated rings. The molecule has 1 aliphatic heterocycles. The first-order valence-electron chi connectivity index (χ1n) is 9.28. The molecule has 138 valence electrons. The molecule has 0 saturated carbocycles. The number of aromatic nitrogens is 5. The minimum Gasteiger partial charge on any atom is -0.372 e. The van der Waals surface area contributed by atoms with E-state index >= 15 is 0 Å². The Kier molecular flexibility index (Phi) is 3.65. The third-order valence-corrected chi connectivity index (χ3v) is 5.16. The van der Waals surface area contributed by atoms with Crippen LogP contribution < -0.4 is 4.90 Å². The van der Waals surface area contributed by atoms with E-state index in [0.717, 1.165) is 52.3 Å². The van der Waals surface area contributed by atoms with E-state index in [-0.39, 0.29) is 12.2 Å². The Morgan fingerprint density at radius 1 is 1.15 bits per heavy atom. The second kappa shape index (κ2) is 6.06. The Morgan fingerprint density at radius 2 is 1.96 bits per heavy atom. The molecule has 0 amide bonds. The highest BCUT2D eigenvalue weighted by atomic mass is 16.5. The molecule has 27 heavy (non-hydrogen) atoms. The number of hydrogen-bond acceptors (Lipinski definition) is 5. The smallest absolute Gasteiger partial charge is 0.165 e. The summed E-state index contributed by atoms with van der Waals surface area (Å²) < 4.78 is 7.68. The molecule has 7 heteroatoms. The van der Waals surface area contributed by atoms with Gasteiger partial charge in [0.15, 0.2) is 5.65 Å². The number of nitrogens with one attached hydrogen (secondary N) is 1. The average molecular weight is 362 g/mol. The number of aryl methyl sites for hydroxylation is 1. The van der Waals surface area contributed by atoms with Gasteiger partial charge in [-0.2, -0.15) is 10.2 Å². The Bertz CT molecular complexity index is 1120. The molecule has 1 N–H and O–H groups in total. The second-order valence-electron chi connectivity index (χ2n) is 7.34. The average Bonchev–Trinajstić information content (AvgIpc) is 3.24. The first-order chi connectivity index (χ1) is 13.1. The fourth-order valence-electron chi connectivity index (χ4n) is 3.92. The fourth-order valence-corrected chi connectivity index (χ4v) is 3.92. The van der Waals surface area contributed by atoms with Crippen molar-refractivity contribution in [2.45, 2.75) is 33.0 Å². The molecule has 0 aliphatic carbocycles. The maximum atomic E-state index is 5.85. The van der Waals surface area contributed by atoms with Crippen LogP contribution in [0.15, 0.2) is 36.7 Å². The van der Waals surface area contributed by atoms with Crippen molar-refractivity contribution in [3.05, 3.63) is 42.4 Å². The summed E-state index contributed by atoms with van der Waals surface area (Å²) in [5.41, 5.74) is 5.01. The van der Waals surface area contributed by atoms with E-state index < -0.39 is 0 Å². The highest BCUT2D eigenvalue weighted by Crippen LogP contribution is 2.29. The van der Waals surface area contributed by atoms with Gasteiger partial charge < -0.3 is 9.64 Å². The number of benzene rings is 1. The van der Waals surface area contributed by atoms with Gasteiger partial charge in [-0.05, 0) is 44.5 Å². The first-order valence-corrected chi connectivity index (χ1v) is 9.28. The predicted octanol–water partition coefficient (Wildman–Crippen LogP) is 3.19. The van der Waals surface area contributed by atoms with Crippen molar-refractivity contribution >= 4 is 22.4 Å². The van der Waals surface area contributed by atoms with Crippen LogP contribution in [0.1, 0.15) is 19.5 Å². The number of H-pyrrole nitrogens is 1. The van der Waals surface area contributed by atoms with Gasteiger partial charge in [-0.15, -0.1) is 0 Å². The van der Waals surface area contributed by atoms with Crippen molar-refractivity contribution in [1.29, 1.82) is 0 Å². The number of hydrogen-bond donors (Lipinski definition) is 1. The number of aromatic amines is 1. The number of nitrogens with zero attached hydrogens (tertiary/aromatic N) is 5. The maximum Gasteiger partial charge on any atom is 0.165 e. The van der Waals surface area contributed by atoms with E-state index in [4.69, 9.17) is 9.72 Å². The van der Waals surface area contributed by atoms with Gasteiger partial charge in [0.05, 0.1) is 29.6 Å². The van der Waals surface area contributed by atoms with Crippen LogP contribution in [0.4, 0.5) is 5.82 Å². The summed E-state index contributed by atoms with van der Waals surface area (Å²) in [5, 5.41) is 13.0. The quantitative estimate of drug-likeness (QED) is 0.593. The maximum absolute atomic E-state index is 5.85. The number of anilines is 1. The van der Waals surface area contributed by atoms with Crippen LogP contribution in [-0.4, -0.2) is 50.1 Å². The Morgan fingerprint density at radius 3 is 2.78 bits per heavy atom. The Hall–Kier alpha value is -2.93. The zero-order valence-corrected chi connectivity index (χ0v) is 15.7. The fraction of sp³-hybridized carbons (Fsp3) is 0.350. The largest absolute Gasteiger partial charge is 0.372 e. The number of fused-ring (bicyclic) bond motifs is 2. The van der Waals surface area contributed by atoms with E-state index in [1.54, 1.807) is 0 Å². The van der Waals surface area contributed by atoms with Gasteiger partial charge in [-0.25, -0.2) is 9.50 Å². The molecule has 0 bridgehead atoms. The van der Waals surface area contributed by atoms with E-state index in [9.17, 15) is 0 Å². The number of ether oxygens (including phenoxy) is 1. The van der Waals surface area contributed by atoms with Crippen molar-refractivity contribution in [1.82, 2.24) is 24.8 Å². The van der Waals surface area contributed by atoms with Crippen LogP contribution in [-0.2, 0) is 4.74 Å². The first kappa shape index (κ1) is 16.3. The molecule has 2 atom stereocenters. The lowest BCUT2D eigenvalue weighted by Gasteiger charge is -2.36. The molecule has 7 nitrogen and oxygen atoms in total. The molecule has 0 radical (unpaired) electrons. The van der Waals surface area contributed by atoms with Crippen molar-refractivity contribution in [3.8, 4) is 11.1 Å². The van der Waals surface area contributed by atoms with Gasteiger partial charge in [-0.3, -0.25) is 5.10 Å². The third-order valence-electron chi connectivity index (χ3n) is 5.16. The van der Waals surface area contributed by atoms with Gasteiger partial charge in [0.2, 0.25) is 0 Å². The molecular formula is C20H22N6O. The van der Waals surface area contributed by atoms with Crippen LogP contribution in [0.5, 0.6) is 0 Å². The number of morpholine rings is 1. The molecule has 4 heterocycles. The minimum absolute atomic E-state index is 0.197. The Labute approximate surface area is 157 Å². The van der Waals surface area contributed by atoms with Gasteiger partial charge in [0.1, 0.15) is 5.82 Å². The summed E-state index contributed by atoms with van der Waals surface area (Å²) >= 11 is 0. The van der Waals surface area contributed by atoms with Crippen LogP contribution in [0.25, 0.3) is 27.7 Å². The van der Waals surface area contributed by atoms with E-state index in [0.29, 0.717) is 0 Å². The lowest BCUT2D eigenvalue weighted by atomic mass is 10.1. The molecule has 1 aromatic carbocycles. The molecule has 3 aromatic heterocycles. The van der Waals surface area contributed by atoms with Gasteiger partial charge in [0.25, 0.3) is 0 Å². The highest BCUT2D eigenvalue weighted by molar-refractivity contribution is 5.89. The zero-order valence-electron chi connectivity index (χ0n) is 15.7. The summed E-state index contributed by atoms with van der Waals surface area (Å²) in [7, 11) is 0. The van der Waals surface area contributed by atoms with Crippen LogP contribution >= 0.6 is 0 Å². The molecule has 5 rings (SSSR count). The second-order valence-corrected chi connectivity index (χ2v) is 7.34. The third kappa shape index (κ3) is 2.75. The summed E-state index contributed by atoms with van der Waals surface area (Å²) in [6.45, 7) is 7.91. The monoisotopic (exact) mass is 362 g/mol.